The van der Waals surface area contributed by atoms with Gasteiger partial charge in [-0.3, -0.25) is 0 Å². The molecule has 1 aliphatic carbocycles. The fraction of sp³-hybridized carbons (Fsp3) is 1.00. The third kappa shape index (κ3) is 1.31. The molecule has 0 aromatic carbocycles. The van der Waals surface area contributed by atoms with Gasteiger partial charge in [0, 0.05) is 6.42 Å². The van der Waals surface area contributed by atoms with E-state index in [2.05, 4.69) is 27.7 Å². The first-order chi connectivity index (χ1) is 8.33. The van der Waals surface area contributed by atoms with Crippen LogP contribution in [0.15, 0.2) is 0 Å². The van der Waals surface area contributed by atoms with Gasteiger partial charge in [-0.25, -0.2) is 0 Å². The Morgan fingerprint density at radius 2 is 1.89 bits per heavy atom. The number of aliphatic hydroxyl groups is 2. The van der Waals surface area contributed by atoms with Crippen LogP contribution in [-0.4, -0.2) is 33.6 Å². The molecule has 3 heteroatoms. The van der Waals surface area contributed by atoms with Crippen LogP contribution in [0.3, 0.4) is 0 Å². The highest BCUT2D eigenvalue weighted by Gasteiger charge is 2.69. The largest absolute Gasteiger partial charge is 0.390 e. The van der Waals surface area contributed by atoms with Crippen molar-refractivity contribution >= 4 is 0 Å². The quantitative estimate of drug-likeness (QED) is 0.752. The van der Waals surface area contributed by atoms with Crippen molar-refractivity contribution in [2.45, 2.75) is 70.4 Å². The minimum Gasteiger partial charge on any atom is -0.390 e. The van der Waals surface area contributed by atoms with Crippen LogP contribution >= 0.6 is 0 Å². The maximum Gasteiger partial charge on any atom is 0.1000 e. The van der Waals surface area contributed by atoms with Crippen molar-refractivity contribution in [1.29, 1.82) is 0 Å². The summed E-state index contributed by atoms with van der Waals surface area (Å²) in [7, 11) is 0. The molecule has 2 N–H and O–H groups in total. The average Bonchev–Trinajstić information content (AvgIpc) is 2.77. The number of rotatable bonds is 1. The lowest BCUT2D eigenvalue weighted by atomic mass is 9.69. The van der Waals surface area contributed by atoms with Crippen molar-refractivity contribution in [1.82, 2.24) is 0 Å². The van der Waals surface area contributed by atoms with Gasteiger partial charge in [-0.05, 0) is 43.4 Å². The van der Waals surface area contributed by atoms with Gasteiger partial charge < -0.3 is 14.9 Å². The smallest absolute Gasteiger partial charge is 0.1000 e. The van der Waals surface area contributed by atoms with E-state index in [1.165, 1.54) is 0 Å². The monoisotopic (exact) mass is 254 g/mol. The maximum absolute atomic E-state index is 10.9. The van der Waals surface area contributed by atoms with Gasteiger partial charge in [0.1, 0.15) is 0 Å². The molecular formula is C15H26O3. The predicted molar refractivity (Wildman–Crippen MR) is 69.1 cm³/mol. The Hall–Kier alpha value is -0.120. The summed E-state index contributed by atoms with van der Waals surface area (Å²) >= 11 is 0. The van der Waals surface area contributed by atoms with Gasteiger partial charge in [0.25, 0.3) is 0 Å². The zero-order valence-corrected chi connectivity index (χ0v) is 11.9. The minimum absolute atomic E-state index is 0.234. The molecule has 0 aromatic heterocycles. The molecule has 2 heterocycles. The lowest BCUT2D eigenvalue weighted by Crippen LogP contribution is -2.61. The summed E-state index contributed by atoms with van der Waals surface area (Å²) < 4.78 is 6.32. The van der Waals surface area contributed by atoms with Gasteiger partial charge in [0.15, 0.2) is 0 Å². The molecular weight excluding hydrogens is 228 g/mol. The summed E-state index contributed by atoms with van der Waals surface area (Å²) in [6.07, 6.45) is 1.94. The highest BCUT2D eigenvalue weighted by molar-refractivity contribution is 5.17. The fourth-order valence-electron chi connectivity index (χ4n) is 4.97. The number of aliphatic hydroxyl groups excluding tert-OH is 2. The van der Waals surface area contributed by atoms with E-state index in [1.807, 2.05) is 0 Å². The number of hydrogen-bond donors (Lipinski definition) is 2. The minimum atomic E-state index is -0.534. The predicted octanol–water partition coefficient (Wildman–Crippen LogP) is 1.96. The molecule has 0 spiro atoms. The van der Waals surface area contributed by atoms with Crippen molar-refractivity contribution < 1.29 is 14.9 Å². The molecule has 2 bridgehead atoms. The molecule has 3 nitrogen and oxygen atoms in total. The molecule has 3 rings (SSSR count). The van der Waals surface area contributed by atoms with Crippen molar-refractivity contribution in [3.8, 4) is 0 Å². The average molecular weight is 254 g/mol. The standard InChI is InChI=1S/C15H26O3/c1-8(2)15-7-11(16)14(4,18-15)10-6-5-9(3)12(10)13(15)17/h8-13,16-17H,5-7H2,1-4H3/t9-,10-,11-,12-,13+,14?,15-/m1/s1. The SMILES string of the molecule is CC(C)[C@@]12C[C@@H](O)C(C)(O1)[C@@H]1CC[C@@H](C)[C@H]1[C@@H]2O. The zero-order valence-electron chi connectivity index (χ0n) is 11.9. The van der Waals surface area contributed by atoms with Crippen LogP contribution in [0.2, 0.25) is 0 Å². The Balaban J connectivity index is 2.07. The number of fused-ring (bicyclic) bond motifs is 4. The van der Waals surface area contributed by atoms with Crippen LogP contribution in [0.5, 0.6) is 0 Å². The highest BCUT2D eigenvalue weighted by Crippen LogP contribution is 2.61. The van der Waals surface area contributed by atoms with Crippen molar-refractivity contribution in [2.24, 2.45) is 23.7 Å². The molecule has 0 aromatic rings. The topological polar surface area (TPSA) is 49.7 Å². The summed E-state index contributed by atoms with van der Waals surface area (Å²) in [4.78, 5) is 0. The Morgan fingerprint density at radius 3 is 2.50 bits per heavy atom. The summed E-state index contributed by atoms with van der Waals surface area (Å²) in [5.74, 6) is 1.38. The molecule has 7 atom stereocenters. The second-order valence-corrected chi connectivity index (χ2v) is 7.30. The van der Waals surface area contributed by atoms with Crippen LogP contribution in [-0.2, 0) is 4.74 Å². The summed E-state index contributed by atoms with van der Waals surface area (Å²) in [6.45, 7) is 8.50. The van der Waals surface area contributed by atoms with Crippen molar-refractivity contribution in [2.75, 3.05) is 0 Å². The van der Waals surface area contributed by atoms with Crippen LogP contribution in [0.4, 0.5) is 0 Å². The van der Waals surface area contributed by atoms with E-state index in [0.29, 0.717) is 24.2 Å². The molecule has 3 fully saturated rings. The van der Waals surface area contributed by atoms with E-state index in [1.54, 1.807) is 0 Å². The van der Waals surface area contributed by atoms with Crippen molar-refractivity contribution in [3.05, 3.63) is 0 Å². The van der Waals surface area contributed by atoms with Crippen LogP contribution in [0, 0.1) is 23.7 Å². The Bertz CT molecular complexity index is 356. The first-order valence-electron chi connectivity index (χ1n) is 7.39. The third-order valence-electron chi connectivity index (χ3n) is 6.22. The molecule has 0 radical (unpaired) electrons. The summed E-state index contributed by atoms with van der Waals surface area (Å²) in [6, 6.07) is 0. The number of ether oxygens (including phenoxy) is 1. The van der Waals surface area contributed by atoms with E-state index >= 15 is 0 Å². The molecule has 3 aliphatic rings. The van der Waals surface area contributed by atoms with Crippen molar-refractivity contribution in [3.63, 3.8) is 0 Å². The van der Waals surface area contributed by atoms with E-state index in [4.69, 9.17) is 4.74 Å². The lowest BCUT2D eigenvalue weighted by Gasteiger charge is -2.52. The summed E-state index contributed by atoms with van der Waals surface area (Å²) in [5, 5.41) is 21.3. The highest BCUT2D eigenvalue weighted by atomic mass is 16.6. The third-order valence-corrected chi connectivity index (χ3v) is 6.22. The van der Waals surface area contributed by atoms with Gasteiger partial charge in [-0.1, -0.05) is 20.8 Å². The van der Waals surface area contributed by atoms with Crippen LogP contribution in [0.1, 0.15) is 47.0 Å². The fourth-order valence-corrected chi connectivity index (χ4v) is 4.97. The first-order valence-corrected chi connectivity index (χ1v) is 7.39. The Kier molecular flexibility index (Phi) is 2.66. The molecule has 1 unspecified atom stereocenters. The number of hydrogen-bond acceptors (Lipinski definition) is 3. The van der Waals surface area contributed by atoms with Gasteiger partial charge in [0.05, 0.1) is 23.4 Å². The molecule has 0 amide bonds. The molecule has 2 aliphatic heterocycles. The van der Waals surface area contributed by atoms with E-state index in [-0.39, 0.29) is 5.92 Å². The van der Waals surface area contributed by atoms with Gasteiger partial charge in [-0.15, -0.1) is 0 Å². The Labute approximate surface area is 110 Å². The molecule has 2 saturated heterocycles. The molecule has 104 valence electrons. The van der Waals surface area contributed by atoms with Crippen LogP contribution < -0.4 is 0 Å². The van der Waals surface area contributed by atoms with Gasteiger partial charge in [-0.2, -0.15) is 0 Å². The van der Waals surface area contributed by atoms with Crippen LogP contribution in [0.25, 0.3) is 0 Å². The first kappa shape index (κ1) is 12.9. The van der Waals surface area contributed by atoms with E-state index < -0.39 is 23.4 Å². The lowest BCUT2D eigenvalue weighted by molar-refractivity contribution is -0.258. The molecule has 18 heavy (non-hydrogen) atoms. The second-order valence-electron chi connectivity index (χ2n) is 7.30. The normalized spacial score (nSPS) is 59.2. The second kappa shape index (κ2) is 3.71. The summed E-state index contributed by atoms with van der Waals surface area (Å²) in [5.41, 5.74) is -0.979. The van der Waals surface area contributed by atoms with Gasteiger partial charge in [0.2, 0.25) is 0 Å². The van der Waals surface area contributed by atoms with Gasteiger partial charge >= 0.3 is 0 Å². The van der Waals surface area contributed by atoms with E-state index in [9.17, 15) is 10.2 Å². The maximum atomic E-state index is 10.9. The Morgan fingerprint density at radius 1 is 1.22 bits per heavy atom. The zero-order chi connectivity index (χ0) is 13.3. The molecule has 1 saturated carbocycles. The van der Waals surface area contributed by atoms with E-state index in [0.717, 1.165) is 12.8 Å².